The molecule has 0 bridgehead atoms. The van der Waals surface area contributed by atoms with Gasteiger partial charge in [0.25, 0.3) is 0 Å². The summed E-state index contributed by atoms with van der Waals surface area (Å²) in [6.45, 7) is 0.225. The van der Waals surface area contributed by atoms with Gasteiger partial charge in [0, 0.05) is 11.1 Å². The van der Waals surface area contributed by atoms with E-state index in [1.165, 1.54) is 6.08 Å². The van der Waals surface area contributed by atoms with E-state index < -0.39 is 0 Å². The molecule has 0 amide bonds. The van der Waals surface area contributed by atoms with E-state index in [0.29, 0.717) is 5.02 Å². The molecule has 21 heavy (non-hydrogen) atoms. The first-order valence-electron chi connectivity index (χ1n) is 6.41. The van der Waals surface area contributed by atoms with Gasteiger partial charge in [-0.3, -0.25) is 0 Å². The molecule has 0 aromatic heterocycles. The summed E-state index contributed by atoms with van der Waals surface area (Å²) in [5.41, 5.74) is 1.80. The van der Waals surface area contributed by atoms with Crippen LogP contribution in [0.25, 0.3) is 6.08 Å². The molecule has 0 aliphatic carbocycles. The van der Waals surface area contributed by atoms with Crippen molar-refractivity contribution in [2.24, 2.45) is 0 Å². The van der Waals surface area contributed by atoms with Crippen molar-refractivity contribution in [3.05, 3.63) is 70.8 Å². The first-order valence-corrected chi connectivity index (χ1v) is 6.78. The number of hydrogen-bond acceptors (Lipinski definition) is 3. The second-order valence-corrected chi connectivity index (χ2v) is 4.78. The Balaban J connectivity index is 1.85. The van der Waals surface area contributed by atoms with Gasteiger partial charge >= 0.3 is 5.97 Å². The molecule has 0 radical (unpaired) electrons. The minimum absolute atomic E-state index is 0.225. The molecule has 0 aliphatic heterocycles. The lowest BCUT2D eigenvalue weighted by molar-refractivity contribution is -0.138. The molecule has 0 spiro atoms. The van der Waals surface area contributed by atoms with Gasteiger partial charge in [0.05, 0.1) is 7.11 Å². The van der Waals surface area contributed by atoms with Crippen LogP contribution < -0.4 is 4.74 Å². The highest BCUT2D eigenvalue weighted by molar-refractivity contribution is 6.30. The van der Waals surface area contributed by atoms with Gasteiger partial charge in [-0.1, -0.05) is 35.9 Å². The number of ether oxygens (including phenoxy) is 2. The summed E-state index contributed by atoms with van der Waals surface area (Å²) in [6.07, 6.45) is 3.10. The number of carbonyl (C=O) groups excluding carboxylic acids is 1. The quantitative estimate of drug-likeness (QED) is 0.616. The average Bonchev–Trinajstić information content (AvgIpc) is 2.53. The summed E-state index contributed by atoms with van der Waals surface area (Å²) in [4.78, 5) is 11.6. The lowest BCUT2D eigenvalue weighted by atomic mass is 10.2. The number of hydrogen-bond donors (Lipinski definition) is 0. The van der Waals surface area contributed by atoms with Gasteiger partial charge in [-0.15, -0.1) is 0 Å². The molecule has 0 saturated carbocycles. The SMILES string of the molecule is COc1ccc(C=CC(=O)OCc2ccc(Cl)cc2)cc1. The third-order valence-electron chi connectivity index (χ3n) is 2.82. The zero-order chi connectivity index (χ0) is 15.1. The summed E-state index contributed by atoms with van der Waals surface area (Å²) < 4.78 is 10.2. The van der Waals surface area contributed by atoms with E-state index in [2.05, 4.69) is 0 Å². The number of halogens is 1. The fourth-order valence-electron chi connectivity index (χ4n) is 1.66. The molecule has 0 fully saturated rings. The Bertz CT molecular complexity index is 615. The Morgan fingerprint density at radius 3 is 2.38 bits per heavy atom. The highest BCUT2D eigenvalue weighted by Gasteiger charge is 1.99. The van der Waals surface area contributed by atoms with Crippen molar-refractivity contribution >= 4 is 23.6 Å². The van der Waals surface area contributed by atoms with Crippen molar-refractivity contribution in [2.45, 2.75) is 6.61 Å². The van der Waals surface area contributed by atoms with Crippen molar-refractivity contribution in [3.8, 4) is 5.75 Å². The fraction of sp³-hybridized carbons (Fsp3) is 0.118. The average molecular weight is 303 g/mol. The number of rotatable bonds is 5. The van der Waals surface area contributed by atoms with Crippen LogP contribution in [0.4, 0.5) is 0 Å². The lowest BCUT2D eigenvalue weighted by Gasteiger charge is -2.02. The molecule has 0 atom stereocenters. The maximum atomic E-state index is 11.6. The number of benzene rings is 2. The Hall–Kier alpha value is -2.26. The second kappa shape index (κ2) is 7.50. The molecule has 3 nitrogen and oxygen atoms in total. The van der Waals surface area contributed by atoms with Gasteiger partial charge < -0.3 is 9.47 Å². The summed E-state index contributed by atoms with van der Waals surface area (Å²) in [6, 6.07) is 14.6. The predicted molar refractivity (Wildman–Crippen MR) is 83.3 cm³/mol. The largest absolute Gasteiger partial charge is 0.497 e. The van der Waals surface area contributed by atoms with Crippen molar-refractivity contribution in [2.75, 3.05) is 7.11 Å². The van der Waals surface area contributed by atoms with Crippen LogP contribution >= 0.6 is 11.6 Å². The van der Waals surface area contributed by atoms with Crippen molar-refractivity contribution in [1.82, 2.24) is 0 Å². The molecule has 0 N–H and O–H groups in total. The van der Waals surface area contributed by atoms with Crippen LogP contribution in [0.5, 0.6) is 5.75 Å². The van der Waals surface area contributed by atoms with Crippen LogP contribution in [0.3, 0.4) is 0 Å². The molecular weight excluding hydrogens is 288 g/mol. The first kappa shape index (κ1) is 15.1. The zero-order valence-electron chi connectivity index (χ0n) is 11.6. The van der Waals surface area contributed by atoms with Gasteiger partial charge in [0.2, 0.25) is 0 Å². The maximum Gasteiger partial charge on any atom is 0.331 e. The number of esters is 1. The van der Waals surface area contributed by atoms with Gasteiger partial charge in [-0.2, -0.15) is 0 Å². The highest BCUT2D eigenvalue weighted by atomic mass is 35.5. The Morgan fingerprint density at radius 1 is 1.10 bits per heavy atom. The van der Waals surface area contributed by atoms with E-state index in [1.54, 1.807) is 25.3 Å². The number of carbonyl (C=O) groups is 1. The molecule has 108 valence electrons. The molecule has 2 aromatic rings. The maximum absolute atomic E-state index is 11.6. The summed E-state index contributed by atoms with van der Waals surface area (Å²) in [5.74, 6) is 0.387. The third-order valence-corrected chi connectivity index (χ3v) is 3.07. The van der Waals surface area contributed by atoms with Crippen LogP contribution in [-0.2, 0) is 16.1 Å². The van der Waals surface area contributed by atoms with E-state index in [4.69, 9.17) is 21.1 Å². The zero-order valence-corrected chi connectivity index (χ0v) is 12.3. The molecule has 2 rings (SSSR count). The summed E-state index contributed by atoms with van der Waals surface area (Å²) in [7, 11) is 1.61. The van der Waals surface area contributed by atoms with Crippen LogP contribution in [-0.4, -0.2) is 13.1 Å². The van der Waals surface area contributed by atoms with Crippen LogP contribution in [0.1, 0.15) is 11.1 Å². The lowest BCUT2D eigenvalue weighted by Crippen LogP contribution is -2.00. The Morgan fingerprint density at radius 2 is 1.76 bits per heavy atom. The molecule has 4 heteroatoms. The van der Waals surface area contributed by atoms with Gasteiger partial charge in [-0.25, -0.2) is 4.79 Å². The van der Waals surface area contributed by atoms with E-state index in [-0.39, 0.29) is 12.6 Å². The topological polar surface area (TPSA) is 35.5 Å². The molecule has 0 unspecified atom stereocenters. The number of methoxy groups -OCH3 is 1. The standard InChI is InChI=1S/C17H15ClO3/c1-20-16-9-4-13(5-10-16)6-11-17(19)21-12-14-2-7-15(18)8-3-14/h2-11H,12H2,1H3. The first-order chi connectivity index (χ1) is 10.2. The van der Waals surface area contributed by atoms with E-state index >= 15 is 0 Å². The minimum atomic E-state index is -0.388. The van der Waals surface area contributed by atoms with Crippen LogP contribution in [0.15, 0.2) is 54.6 Å². The molecule has 2 aromatic carbocycles. The normalized spacial score (nSPS) is 10.6. The Labute approximate surface area is 128 Å². The van der Waals surface area contributed by atoms with Crippen LogP contribution in [0, 0.1) is 0 Å². The second-order valence-electron chi connectivity index (χ2n) is 4.34. The Kier molecular flexibility index (Phi) is 5.41. The summed E-state index contributed by atoms with van der Waals surface area (Å²) in [5, 5.41) is 0.657. The van der Waals surface area contributed by atoms with Gasteiger partial charge in [0.15, 0.2) is 0 Å². The fourth-order valence-corrected chi connectivity index (χ4v) is 1.79. The van der Waals surface area contributed by atoms with Crippen molar-refractivity contribution < 1.29 is 14.3 Å². The molecular formula is C17H15ClO3. The third kappa shape index (κ3) is 4.97. The van der Waals surface area contributed by atoms with E-state index in [9.17, 15) is 4.79 Å². The summed E-state index contributed by atoms with van der Waals surface area (Å²) >= 11 is 5.79. The minimum Gasteiger partial charge on any atom is -0.497 e. The van der Waals surface area contributed by atoms with Crippen molar-refractivity contribution in [1.29, 1.82) is 0 Å². The molecule has 0 saturated heterocycles. The molecule has 0 heterocycles. The van der Waals surface area contributed by atoms with Crippen LogP contribution in [0.2, 0.25) is 5.02 Å². The van der Waals surface area contributed by atoms with Gasteiger partial charge in [0.1, 0.15) is 12.4 Å². The predicted octanol–water partition coefficient (Wildman–Crippen LogP) is 4.11. The van der Waals surface area contributed by atoms with Crippen molar-refractivity contribution in [3.63, 3.8) is 0 Å². The monoisotopic (exact) mass is 302 g/mol. The smallest absolute Gasteiger partial charge is 0.331 e. The van der Waals surface area contributed by atoms with E-state index in [0.717, 1.165) is 16.9 Å². The highest BCUT2D eigenvalue weighted by Crippen LogP contribution is 2.13. The van der Waals surface area contributed by atoms with E-state index in [1.807, 2.05) is 36.4 Å². The molecule has 0 aliphatic rings. The van der Waals surface area contributed by atoms with Gasteiger partial charge in [-0.05, 0) is 41.5 Å².